The number of allylic oxidation sites excluding steroid dienone is 1. The van der Waals surface area contributed by atoms with Gasteiger partial charge in [-0.05, 0) is 65.4 Å². The Bertz CT molecular complexity index is 2160. The molecular weight excluding hydrogens is 578 g/mol. The number of rotatable bonds is 5. The third-order valence-electron chi connectivity index (χ3n) is 8.98. The van der Waals surface area contributed by atoms with E-state index in [0.29, 0.717) is 34.1 Å². The van der Waals surface area contributed by atoms with Crippen molar-refractivity contribution in [1.29, 1.82) is 5.26 Å². The van der Waals surface area contributed by atoms with Gasteiger partial charge in [0.15, 0.2) is 11.6 Å². The summed E-state index contributed by atoms with van der Waals surface area (Å²) in [6, 6.07) is 44.4. The van der Waals surface area contributed by atoms with E-state index in [1.54, 1.807) is 0 Å². The number of aromatic nitrogens is 2. The zero-order chi connectivity index (χ0) is 31.7. The van der Waals surface area contributed by atoms with Crippen LogP contribution in [-0.4, -0.2) is 21.9 Å². The number of carbonyl (C=O) groups excluding carboxylic acids is 1. The summed E-state index contributed by atoms with van der Waals surface area (Å²) < 4.78 is 6.20. The molecule has 0 saturated heterocycles. The second kappa shape index (κ2) is 12.0. The predicted octanol–water partition coefficient (Wildman–Crippen LogP) is 9.59. The summed E-state index contributed by atoms with van der Waals surface area (Å²) in [6.45, 7) is 0. The molecule has 47 heavy (non-hydrogen) atoms. The van der Waals surface area contributed by atoms with Gasteiger partial charge in [0.05, 0.1) is 22.9 Å². The Kier molecular flexibility index (Phi) is 7.24. The van der Waals surface area contributed by atoms with E-state index in [1.165, 1.54) is 0 Å². The van der Waals surface area contributed by atoms with Crippen LogP contribution in [0.5, 0.6) is 5.75 Å². The maximum absolute atomic E-state index is 13.4. The molecule has 0 saturated carbocycles. The standard InChI is InChI=1S/C42H29N3O2/c43-26-36-39(27-11-3-1-4-12-27)44-42(45-40(36)28-13-5-2-6-14-28)33-18-10-17-31(24-33)29-15-9-16-30(23-29)32-21-22-38-35(25-32)41(46)34-19-7-8-20-37(34)47-38/h1-6,8-18,20-25,34,37H,7,19H2. The molecule has 5 aromatic carbocycles. The molecule has 5 heteroatoms. The molecule has 224 valence electrons. The normalized spacial score (nSPS) is 16.4. The number of ketones is 1. The highest BCUT2D eigenvalue weighted by molar-refractivity contribution is 6.03. The Labute approximate surface area is 273 Å². The average molecular weight is 608 g/mol. The molecule has 0 fully saturated rings. The summed E-state index contributed by atoms with van der Waals surface area (Å²) in [7, 11) is 0. The Morgan fingerprint density at radius 1 is 0.638 bits per heavy atom. The number of Topliss-reactive ketones (excluding diaryl/α,β-unsaturated/α-hetero) is 1. The molecule has 1 aliphatic heterocycles. The lowest BCUT2D eigenvalue weighted by atomic mass is 9.82. The van der Waals surface area contributed by atoms with Crippen LogP contribution in [0.3, 0.4) is 0 Å². The highest BCUT2D eigenvalue weighted by atomic mass is 16.5. The topological polar surface area (TPSA) is 75.9 Å². The summed E-state index contributed by atoms with van der Waals surface area (Å²) >= 11 is 0. The van der Waals surface area contributed by atoms with Crippen molar-refractivity contribution in [3.8, 4) is 68.0 Å². The highest BCUT2D eigenvalue weighted by Gasteiger charge is 2.36. The number of fused-ring (bicyclic) bond motifs is 2. The number of benzene rings is 5. The van der Waals surface area contributed by atoms with Crippen LogP contribution in [0, 0.1) is 17.2 Å². The predicted molar refractivity (Wildman–Crippen MR) is 185 cm³/mol. The van der Waals surface area contributed by atoms with Gasteiger partial charge in [-0.2, -0.15) is 5.26 Å². The van der Waals surface area contributed by atoms with E-state index in [2.05, 4.69) is 42.5 Å². The fraction of sp³-hybridized carbons (Fsp3) is 0.0952. The largest absolute Gasteiger partial charge is 0.485 e. The molecule has 6 aromatic rings. The zero-order valence-electron chi connectivity index (χ0n) is 25.5. The van der Waals surface area contributed by atoms with Crippen LogP contribution in [0.2, 0.25) is 0 Å². The van der Waals surface area contributed by atoms with Crippen LogP contribution in [0.4, 0.5) is 0 Å². The summed E-state index contributed by atoms with van der Waals surface area (Å²) in [5.74, 6) is 1.25. The fourth-order valence-corrected chi connectivity index (χ4v) is 6.58. The van der Waals surface area contributed by atoms with Crippen molar-refractivity contribution in [2.24, 2.45) is 5.92 Å². The first-order chi connectivity index (χ1) is 23.2. The molecule has 5 nitrogen and oxygen atoms in total. The molecule has 8 rings (SSSR count). The quantitative estimate of drug-likeness (QED) is 0.182. The van der Waals surface area contributed by atoms with Crippen LogP contribution < -0.4 is 4.74 Å². The first kappa shape index (κ1) is 28.4. The summed E-state index contributed by atoms with van der Waals surface area (Å²) in [5.41, 5.74) is 8.90. The van der Waals surface area contributed by atoms with Crippen LogP contribution in [0.25, 0.3) is 56.2 Å². The molecule has 1 aliphatic carbocycles. The number of carbonyl (C=O) groups is 1. The van der Waals surface area contributed by atoms with E-state index in [-0.39, 0.29) is 17.8 Å². The molecule has 2 unspecified atom stereocenters. The van der Waals surface area contributed by atoms with Crippen LogP contribution in [0.1, 0.15) is 28.8 Å². The summed E-state index contributed by atoms with van der Waals surface area (Å²) in [5, 5.41) is 10.3. The Balaban J connectivity index is 1.18. The minimum Gasteiger partial charge on any atom is -0.485 e. The molecule has 2 atom stereocenters. The van der Waals surface area contributed by atoms with Gasteiger partial charge >= 0.3 is 0 Å². The minimum atomic E-state index is -0.169. The van der Waals surface area contributed by atoms with Crippen molar-refractivity contribution in [3.05, 3.63) is 151 Å². The van der Waals surface area contributed by atoms with Crippen molar-refractivity contribution >= 4 is 5.78 Å². The highest BCUT2D eigenvalue weighted by Crippen LogP contribution is 2.39. The molecule has 0 radical (unpaired) electrons. The van der Waals surface area contributed by atoms with E-state index in [4.69, 9.17) is 14.7 Å². The lowest BCUT2D eigenvalue weighted by Gasteiger charge is -2.33. The van der Waals surface area contributed by atoms with Crippen molar-refractivity contribution in [2.45, 2.75) is 18.9 Å². The minimum absolute atomic E-state index is 0.119. The number of hydrogen-bond acceptors (Lipinski definition) is 5. The lowest BCUT2D eigenvalue weighted by Crippen LogP contribution is -2.37. The van der Waals surface area contributed by atoms with E-state index in [9.17, 15) is 10.1 Å². The monoisotopic (exact) mass is 607 g/mol. The first-order valence-electron chi connectivity index (χ1n) is 15.8. The molecule has 0 amide bonds. The van der Waals surface area contributed by atoms with Gasteiger partial charge in [0.25, 0.3) is 0 Å². The van der Waals surface area contributed by atoms with Gasteiger partial charge in [-0.25, -0.2) is 9.97 Å². The molecule has 0 bridgehead atoms. The average Bonchev–Trinajstić information content (AvgIpc) is 3.15. The SMILES string of the molecule is N#Cc1c(-c2ccccc2)nc(-c2cccc(-c3cccc(-c4ccc5c(c4)C(=O)C4CCC=CC4O5)c3)c2)nc1-c1ccccc1. The van der Waals surface area contributed by atoms with E-state index in [1.807, 2.05) is 103 Å². The molecule has 2 aliphatic rings. The molecular formula is C42H29N3O2. The van der Waals surface area contributed by atoms with E-state index in [0.717, 1.165) is 51.8 Å². The van der Waals surface area contributed by atoms with Gasteiger partial charge in [-0.1, -0.05) is 109 Å². The summed E-state index contributed by atoms with van der Waals surface area (Å²) in [6.07, 6.45) is 5.68. The zero-order valence-corrected chi connectivity index (χ0v) is 25.5. The molecule has 1 aromatic heterocycles. The summed E-state index contributed by atoms with van der Waals surface area (Å²) in [4.78, 5) is 23.4. The third kappa shape index (κ3) is 5.30. The number of ether oxygens (including phenoxy) is 1. The number of nitriles is 1. The molecule has 2 heterocycles. The molecule has 0 spiro atoms. The maximum atomic E-state index is 13.4. The molecule has 0 N–H and O–H groups in total. The Morgan fingerprint density at radius 3 is 1.81 bits per heavy atom. The van der Waals surface area contributed by atoms with Crippen LogP contribution in [-0.2, 0) is 0 Å². The fourth-order valence-electron chi connectivity index (χ4n) is 6.58. The van der Waals surface area contributed by atoms with Gasteiger partial charge in [-0.3, -0.25) is 4.79 Å². The van der Waals surface area contributed by atoms with Crippen molar-refractivity contribution < 1.29 is 9.53 Å². The smallest absolute Gasteiger partial charge is 0.173 e. The van der Waals surface area contributed by atoms with Crippen LogP contribution in [0.15, 0.2) is 140 Å². The third-order valence-corrected chi connectivity index (χ3v) is 8.98. The Hall–Kier alpha value is -6.12. The van der Waals surface area contributed by atoms with Gasteiger partial charge < -0.3 is 4.74 Å². The number of nitrogens with zero attached hydrogens (tertiary/aromatic N) is 3. The first-order valence-corrected chi connectivity index (χ1v) is 15.8. The van der Waals surface area contributed by atoms with Crippen molar-refractivity contribution in [3.63, 3.8) is 0 Å². The van der Waals surface area contributed by atoms with Crippen LogP contribution >= 0.6 is 0 Å². The Morgan fingerprint density at radius 2 is 1.19 bits per heavy atom. The number of hydrogen-bond donors (Lipinski definition) is 0. The van der Waals surface area contributed by atoms with E-state index >= 15 is 0 Å². The second-order valence-corrected chi connectivity index (χ2v) is 11.9. The van der Waals surface area contributed by atoms with Gasteiger partial charge in [0.2, 0.25) is 0 Å². The van der Waals surface area contributed by atoms with Gasteiger partial charge in [-0.15, -0.1) is 0 Å². The lowest BCUT2D eigenvalue weighted by molar-refractivity contribution is 0.0722. The van der Waals surface area contributed by atoms with Crippen molar-refractivity contribution in [2.75, 3.05) is 0 Å². The van der Waals surface area contributed by atoms with E-state index < -0.39 is 0 Å². The second-order valence-electron chi connectivity index (χ2n) is 11.9. The van der Waals surface area contributed by atoms with Gasteiger partial charge in [0, 0.05) is 16.7 Å². The van der Waals surface area contributed by atoms with Crippen molar-refractivity contribution in [1.82, 2.24) is 9.97 Å². The maximum Gasteiger partial charge on any atom is 0.173 e. The van der Waals surface area contributed by atoms with Gasteiger partial charge in [0.1, 0.15) is 23.5 Å².